The minimum atomic E-state index is 0.721. The van der Waals surface area contributed by atoms with Crippen molar-refractivity contribution >= 4 is 0 Å². The highest BCUT2D eigenvalue weighted by molar-refractivity contribution is 5.69. The molecule has 4 rings (SSSR count). The molecule has 0 radical (unpaired) electrons. The van der Waals surface area contributed by atoms with Crippen molar-refractivity contribution in [2.45, 2.75) is 105 Å². The van der Waals surface area contributed by atoms with Crippen molar-refractivity contribution < 1.29 is 9.47 Å². The fourth-order valence-corrected chi connectivity index (χ4v) is 6.64. The lowest BCUT2D eigenvalue weighted by Gasteiger charge is -2.28. The molecule has 2 aromatic rings. The van der Waals surface area contributed by atoms with Gasteiger partial charge < -0.3 is 9.47 Å². The first-order valence-electron chi connectivity index (χ1n) is 15.0. The highest BCUT2D eigenvalue weighted by Crippen LogP contribution is 2.35. The summed E-state index contributed by atoms with van der Waals surface area (Å²) in [7, 11) is 0. The molecule has 198 valence electrons. The first kappa shape index (κ1) is 27.1. The fourth-order valence-electron chi connectivity index (χ4n) is 6.64. The molecule has 2 heteroatoms. The maximum absolute atomic E-state index is 6.30. The van der Waals surface area contributed by atoms with E-state index in [0.29, 0.717) is 0 Å². The van der Waals surface area contributed by atoms with Gasteiger partial charge in [0.25, 0.3) is 0 Å². The lowest BCUT2D eigenvalue weighted by molar-refractivity contribution is 0.178. The third-order valence-electron chi connectivity index (χ3n) is 8.97. The van der Waals surface area contributed by atoms with Gasteiger partial charge in [0, 0.05) is 0 Å². The molecule has 0 bridgehead atoms. The standard InChI is InChI=1S/C34H50O2/c1-5-7-27-9-13-29(14-10-27)23-35-32-18-19-33(25(3)22-32)31-17-20-34(26(4)21-31)36-24-30-15-11-28(8-6-2)12-16-30/h17-22,27-30H,5-16,23-24H2,1-4H3/t27-,28-,29-,30-. The van der Waals surface area contributed by atoms with Crippen LogP contribution in [-0.2, 0) is 0 Å². The van der Waals surface area contributed by atoms with Crippen LogP contribution in [0.25, 0.3) is 11.1 Å². The molecule has 2 saturated carbocycles. The average molecular weight is 491 g/mol. The quantitative estimate of drug-likeness (QED) is 0.312. The monoisotopic (exact) mass is 490 g/mol. The van der Waals surface area contributed by atoms with Crippen LogP contribution in [0.3, 0.4) is 0 Å². The molecule has 36 heavy (non-hydrogen) atoms. The highest BCUT2D eigenvalue weighted by atomic mass is 16.5. The summed E-state index contributed by atoms with van der Waals surface area (Å²) in [5.41, 5.74) is 5.05. The lowest BCUT2D eigenvalue weighted by Crippen LogP contribution is -2.20. The second kappa shape index (κ2) is 13.5. The largest absolute Gasteiger partial charge is 0.493 e. The molecule has 2 fully saturated rings. The zero-order valence-electron chi connectivity index (χ0n) is 23.5. The van der Waals surface area contributed by atoms with Gasteiger partial charge in [0.15, 0.2) is 0 Å². The predicted octanol–water partition coefficient (Wildman–Crippen LogP) is 9.94. The van der Waals surface area contributed by atoms with Gasteiger partial charge in [-0.05, 0) is 110 Å². The molecule has 0 atom stereocenters. The van der Waals surface area contributed by atoms with Crippen LogP contribution in [0, 0.1) is 37.5 Å². The van der Waals surface area contributed by atoms with Crippen molar-refractivity contribution in [2.24, 2.45) is 23.7 Å². The predicted molar refractivity (Wildman–Crippen MR) is 153 cm³/mol. The Morgan fingerprint density at radius 3 is 1.69 bits per heavy atom. The molecule has 2 aromatic carbocycles. The van der Waals surface area contributed by atoms with Crippen LogP contribution in [0.2, 0.25) is 0 Å². The topological polar surface area (TPSA) is 18.5 Å². The summed E-state index contributed by atoms with van der Waals surface area (Å²) in [6, 6.07) is 13.3. The summed E-state index contributed by atoms with van der Waals surface area (Å²) in [6.07, 6.45) is 16.3. The Morgan fingerprint density at radius 2 is 1.17 bits per heavy atom. The van der Waals surface area contributed by atoms with Crippen LogP contribution < -0.4 is 9.47 Å². The van der Waals surface area contributed by atoms with Crippen LogP contribution in [-0.4, -0.2) is 13.2 Å². The van der Waals surface area contributed by atoms with E-state index in [1.54, 1.807) is 0 Å². The van der Waals surface area contributed by atoms with Gasteiger partial charge in [0.1, 0.15) is 11.5 Å². The van der Waals surface area contributed by atoms with Gasteiger partial charge in [-0.1, -0.05) is 77.3 Å². The van der Waals surface area contributed by atoms with Crippen molar-refractivity contribution in [1.82, 2.24) is 0 Å². The molecular formula is C34H50O2. The van der Waals surface area contributed by atoms with Crippen molar-refractivity contribution in [3.05, 3.63) is 47.5 Å². The molecule has 0 aliphatic heterocycles. The zero-order valence-corrected chi connectivity index (χ0v) is 23.5. The maximum Gasteiger partial charge on any atom is 0.122 e. The first-order valence-corrected chi connectivity index (χ1v) is 15.0. The Labute approximate surface area is 221 Å². The van der Waals surface area contributed by atoms with E-state index in [1.807, 2.05) is 0 Å². The second-order valence-electron chi connectivity index (χ2n) is 11.9. The number of hydrogen-bond acceptors (Lipinski definition) is 2. The molecule has 0 saturated heterocycles. The third-order valence-corrected chi connectivity index (χ3v) is 8.97. The summed E-state index contributed by atoms with van der Waals surface area (Å²) in [4.78, 5) is 0. The smallest absolute Gasteiger partial charge is 0.122 e. The Bertz CT molecular complexity index is 932. The van der Waals surface area contributed by atoms with Crippen LogP contribution in [0.5, 0.6) is 11.5 Å². The van der Waals surface area contributed by atoms with Crippen LogP contribution >= 0.6 is 0 Å². The second-order valence-corrected chi connectivity index (χ2v) is 11.9. The summed E-state index contributed by atoms with van der Waals surface area (Å²) in [6.45, 7) is 10.7. The Balaban J connectivity index is 1.27. The van der Waals surface area contributed by atoms with Crippen LogP contribution in [0.1, 0.15) is 102 Å². The molecule has 2 aliphatic carbocycles. The van der Waals surface area contributed by atoms with Gasteiger partial charge in [-0.15, -0.1) is 0 Å². The molecule has 0 aromatic heterocycles. The van der Waals surface area contributed by atoms with Crippen LogP contribution in [0.4, 0.5) is 0 Å². The maximum atomic E-state index is 6.30. The van der Waals surface area contributed by atoms with E-state index in [1.165, 1.54) is 99.3 Å². The summed E-state index contributed by atoms with van der Waals surface area (Å²) < 4.78 is 12.5. The molecule has 0 unspecified atom stereocenters. The number of ether oxygens (including phenoxy) is 2. The third kappa shape index (κ3) is 7.53. The van der Waals surface area contributed by atoms with Gasteiger partial charge >= 0.3 is 0 Å². The van der Waals surface area contributed by atoms with Crippen molar-refractivity contribution in [3.63, 3.8) is 0 Å². The van der Waals surface area contributed by atoms with Gasteiger partial charge in [-0.3, -0.25) is 0 Å². The number of aryl methyl sites for hydroxylation is 2. The molecule has 0 N–H and O–H groups in total. The van der Waals surface area contributed by atoms with Gasteiger partial charge in [-0.2, -0.15) is 0 Å². The number of hydrogen-bond donors (Lipinski definition) is 0. The normalized spacial score (nSPS) is 24.4. The van der Waals surface area contributed by atoms with E-state index >= 15 is 0 Å². The van der Waals surface area contributed by atoms with Crippen molar-refractivity contribution in [2.75, 3.05) is 13.2 Å². The first-order chi connectivity index (χ1) is 17.6. The Morgan fingerprint density at radius 1 is 0.611 bits per heavy atom. The summed E-state index contributed by atoms with van der Waals surface area (Å²) in [5, 5.41) is 0. The molecular weight excluding hydrogens is 440 g/mol. The Hall–Kier alpha value is -1.96. The molecule has 2 nitrogen and oxygen atoms in total. The van der Waals surface area contributed by atoms with E-state index in [-0.39, 0.29) is 0 Å². The van der Waals surface area contributed by atoms with E-state index in [0.717, 1.165) is 48.4 Å². The van der Waals surface area contributed by atoms with Crippen LogP contribution in [0.15, 0.2) is 36.4 Å². The number of benzene rings is 2. The molecule has 0 spiro atoms. The van der Waals surface area contributed by atoms with E-state index < -0.39 is 0 Å². The van der Waals surface area contributed by atoms with Crippen molar-refractivity contribution in [3.8, 4) is 22.6 Å². The lowest BCUT2D eigenvalue weighted by atomic mass is 9.80. The van der Waals surface area contributed by atoms with E-state index in [4.69, 9.17) is 9.47 Å². The molecule has 0 heterocycles. The highest BCUT2D eigenvalue weighted by Gasteiger charge is 2.22. The SMILES string of the molecule is CCC[C@H]1CC[C@H](COc2ccc(-c3ccc(OC[C@H]4CC[C@H](CCC)CC4)c(C)c3)c(C)c2)CC1. The van der Waals surface area contributed by atoms with Gasteiger partial charge in [0.2, 0.25) is 0 Å². The summed E-state index contributed by atoms with van der Waals surface area (Å²) >= 11 is 0. The van der Waals surface area contributed by atoms with E-state index in [9.17, 15) is 0 Å². The van der Waals surface area contributed by atoms with Gasteiger partial charge in [-0.25, -0.2) is 0 Å². The van der Waals surface area contributed by atoms with Crippen molar-refractivity contribution in [1.29, 1.82) is 0 Å². The summed E-state index contributed by atoms with van der Waals surface area (Å²) in [5.74, 6) is 5.41. The number of rotatable bonds is 11. The molecule has 0 amide bonds. The van der Waals surface area contributed by atoms with E-state index in [2.05, 4.69) is 64.1 Å². The van der Waals surface area contributed by atoms with Gasteiger partial charge in [0.05, 0.1) is 13.2 Å². The average Bonchev–Trinajstić information content (AvgIpc) is 2.89. The Kier molecular flexibility index (Phi) is 10.2. The zero-order chi connectivity index (χ0) is 25.3. The minimum absolute atomic E-state index is 0.721. The fraction of sp³-hybridized carbons (Fsp3) is 0.647. The minimum Gasteiger partial charge on any atom is -0.493 e. The molecule has 2 aliphatic rings.